The molecule has 0 radical (unpaired) electrons. The molecule has 0 N–H and O–H groups in total. The number of fused-ring (bicyclic) bond motifs is 6. The molecule has 3 saturated heterocycles. The fraction of sp³-hybridized carbons (Fsp3) is 0.367. The van der Waals surface area contributed by atoms with Crippen molar-refractivity contribution in [3.8, 4) is 11.8 Å². The first-order valence-corrected chi connectivity index (χ1v) is 12.5. The summed E-state index contributed by atoms with van der Waals surface area (Å²) in [4.78, 5) is 29.2. The summed E-state index contributed by atoms with van der Waals surface area (Å²) in [7, 11) is 0. The van der Waals surface area contributed by atoms with Crippen molar-refractivity contribution >= 4 is 28.3 Å². The van der Waals surface area contributed by atoms with E-state index in [1.54, 1.807) is 12.1 Å². The van der Waals surface area contributed by atoms with Crippen LogP contribution in [0.3, 0.4) is 0 Å². The number of carbonyl (C=O) groups excluding carboxylic acids is 2. The molecule has 0 saturated carbocycles. The quantitative estimate of drug-likeness (QED) is 0.468. The molecule has 3 aliphatic heterocycles. The first-order chi connectivity index (χ1) is 17.3. The van der Waals surface area contributed by atoms with E-state index in [1.807, 2.05) is 50.2 Å². The third-order valence-corrected chi connectivity index (χ3v) is 8.61. The highest BCUT2D eigenvalue weighted by Crippen LogP contribution is 2.62. The first kappa shape index (κ1) is 22.8. The first-order valence-electron chi connectivity index (χ1n) is 12.5. The van der Waals surface area contributed by atoms with E-state index in [-0.39, 0.29) is 11.8 Å². The second-order valence-electron chi connectivity index (χ2n) is 10.5. The largest absolute Gasteiger partial charge is 0.493 e. The predicted molar refractivity (Wildman–Crippen MR) is 136 cm³/mol. The Morgan fingerprint density at radius 3 is 2.53 bits per heavy atom. The van der Waals surface area contributed by atoms with Crippen LogP contribution in [0.5, 0.6) is 5.75 Å². The van der Waals surface area contributed by atoms with Crippen molar-refractivity contribution in [1.82, 2.24) is 0 Å². The van der Waals surface area contributed by atoms with Gasteiger partial charge in [0.25, 0.3) is 0 Å². The van der Waals surface area contributed by atoms with Crippen LogP contribution >= 0.6 is 0 Å². The van der Waals surface area contributed by atoms with Crippen LogP contribution in [-0.2, 0) is 14.3 Å². The van der Waals surface area contributed by atoms with Gasteiger partial charge in [0.2, 0.25) is 11.8 Å². The Bertz CT molecular complexity index is 1470. The number of anilines is 1. The second kappa shape index (κ2) is 7.91. The van der Waals surface area contributed by atoms with Gasteiger partial charge in [0.15, 0.2) is 0 Å². The average Bonchev–Trinajstić information content (AvgIpc) is 3.45. The van der Waals surface area contributed by atoms with Crippen molar-refractivity contribution in [3.05, 3.63) is 71.3 Å². The zero-order valence-electron chi connectivity index (χ0n) is 20.7. The molecule has 3 heterocycles. The Hall–Kier alpha value is -3.69. The highest BCUT2D eigenvalue weighted by atomic mass is 16.5. The minimum atomic E-state index is -0.721. The molecule has 0 aromatic heterocycles. The van der Waals surface area contributed by atoms with E-state index >= 15 is 0 Å². The van der Waals surface area contributed by atoms with Crippen LogP contribution in [0.15, 0.2) is 54.6 Å². The number of hydrogen-bond acceptors (Lipinski definition) is 5. The van der Waals surface area contributed by atoms with Crippen molar-refractivity contribution in [2.45, 2.75) is 51.2 Å². The maximum absolute atomic E-state index is 14.0. The van der Waals surface area contributed by atoms with E-state index in [4.69, 9.17) is 9.47 Å². The number of imide groups is 1. The van der Waals surface area contributed by atoms with Crippen LogP contribution in [0.25, 0.3) is 10.8 Å². The zero-order chi connectivity index (χ0) is 25.2. The molecule has 0 spiro atoms. The molecule has 6 heteroatoms. The smallest absolute Gasteiger partial charge is 0.240 e. The van der Waals surface area contributed by atoms with Gasteiger partial charge >= 0.3 is 0 Å². The molecule has 182 valence electrons. The highest BCUT2D eigenvalue weighted by Gasteiger charge is 2.73. The lowest BCUT2D eigenvalue weighted by atomic mass is 9.67. The molecule has 2 amide bonds. The molecule has 3 aromatic carbocycles. The highest BCUT2D eigenvalue weighted by molar-refractivity contribution is 6.26. The minimum absolute atomic E-state index is 0.209. The lowest BCUT2D eigenvalue weighted by Gasteiger charge is -2.31. The maximum atomic E-state index is 14.0. The average molecular weight is 481 g/mol. The van der Waals surface area contributed by atoms with Gasteiger partial charge in [0.1, 0.15) is 5.75 Å². The van der Waals surface area contributed by atoms with Crippen molar-refractivity contribution < 1.29 is 19.1 Å². The van der Waals surface area contributed by atoms with Crippen molar-refractivity contribution in [1.29, 1.82) is 5.26 Å². The van der Waals surface area contributed by atoms with Crippen LogP contribution < -0.4 is 9.64 Å². The lowest BCUT2D eigenvalue weighted by Crippen LogP contribution is -2.43. The summed E-state index contributed by atoms with van der Waals surface area (Å²) in [5.41, 5.74) is 1.93. The summed E-state index contributed by atoms with van der Waals surface area (Å²) in [5, 5.41) is 11.0. The fourth-order valence-corrected chi connectivity index (χ4v) is 6.64. The van der Waals surface area contributed by atoms with E-state index in [0.717, 1.165) is 40.5 Å². The third kappa shape index (κ3) is 3.06. The molecule has 36 heavy (non-hydrogen) atoms. The molecule has 3 fully saturated rings. The number of nitrogens with zero attached hydrogens (tertiary/aromatic N) is 2. The van der Waals surface area contributed by atoms with Crippen LogP contribution in [0.2, 0.25) is 0 Å². The Morgan fingerprint density at radius 1 is 1.00 bits per heavy atom. The predicted octanol–water partition coefficient (Wildman–Crippen LogP) is 5.22. The monoisotopic (exact) mass is 480 g/mol. The number of hydrogen-bond donors (Lipinski definition) is 0. The molecular weight excluding hydrogens is 452 g/mol. The molecule has 0 unspecified atom stereocenters. The summed E-state index contributed by atoms with van der Waals surface area (Å²) in [6.45, 7) is 6.47. The van der Waals surface area contributed by atoms with Gasteiger partial charge in [0, 0.05) is 17.2 Å². The maximum Gasteiger partial charge on any atom is 0.240 e. The van der Waals surface area contributed by atoms with Crippen LogP contribution in [-0.4, -0.2) is 29.6 Å². The lowest BCUT2D eigenvalue weighted by molar-refractivity contribution is -0.131. The van der Waals surface area contributed by atoms with E-state index in [9.17, 15) is 14.9 Å². The van der Waals surface area contributed by atoms with Gasteiger partial charge in [-0.1, -0.05) is 36.4 Å². The molecule has 3 aliphatic rings. The molecule has 3 aromatic rings. The summed E-state index contributed by atoms with van der Waals surface area (Å²) >= 11 is 0. The summed E-state index contributed by atoms with van der Waals surface area (Å²) in [6, 6.07) is 19.0. The van der Waals surface area contributed by atoms with Gasteiger partial charge in [-0.2, -0.15) is 5.26 Å². The van der Waals surface area contributed by atoms with Gasteiger partial charge in [-0.3, -0.25) is 9.59 Å². The normalized spacial score (nSPS) is 28.6. The molecule has 6 rings (SSSR count). The van der Waals surface area contributed by atoms with Crippen LogP contribution in [0.4, 0.5) is 5.69 Å². The number of benzene rings is 3. The Morgan fingerprint density at radius 2 is 1.75 bits per heavy atom. The fourth-order valence-electron chi connectivity index (χ4n) is 6.64. The van der Waals surface area contributed by atoms with Crippen molar-refractivity contribution in [2.24, 2.45) is 11.8 Å². The van der Waals surface area contributed by atoms with Crippen LogP contribution in [0, 0.1) is 37.0 Å². The molecule has 6 nitrogen and oxygen atoms in total. The van der Waals surface area contributed by atoms with Gasteiger partial charge in [0.05, 0.1) is 47.0 Å². The number of ether oxygens (including phenoxy) is 2. The van der Waals surface area contributed by atoms with E-state index < -0.39 is 23.0 Å². The number of amides is 2. The Balaban J connectivity index is 1.33. The standard InChI is InChI=1S/C30H28N2O4/c1-18-7-6-10-24(19(18)2)35-16-15-30-14-13-29(3,36-30)25-26(30)28(34)32(27(25)33)23-12-11-20(17-31)21-8-4-5-9-22(21)23/h4-12,25-26H,13-16H2,1-3H3/t25-,26+,29-,30-/m1/s1. The third-order valence-electron chi connectivity index (χ3n) is 8.61. The van der Waals surface area contributed by atoms with E-state index in [2.05, 4.69) is 19.1 Å². The molecular formula is C30H28N2O4. The second-order valence-corrected chi connectivity index (χ2v) is 10.5. The summed E-state index contributed by atoms with van der Waals surface area (Å²) in [5.74, 6) is -0.648. The van der Waals surface area contributed by atoms with Gasteiger partial charge in [-0.25, -0.2) is 4.90 Å². The van der Waals surface area contributed by atoms with Gasteiger partial charge in [-0.05, 0) is 62.9 Å². The SMILES string of the molecule is Cc1cccc(OCC[C@@]23CC[C@@](C)(O2)[C@H]2C(=O)N(c4ccc(C#N)c5ccccc45)C(=O)[C@H]23)c1C. The van der Waals surface area contributed by atoms with Crippen LogP contribution in [0.1, 0.15) is 42.9 Å². The Kier molecular flexibility index (Phi) is 5.00. The number of rotatable bonds is 5. The molecule has 4 atom stereocenters. The zero-order valence-corrected chi connectivity index (χ0v) is 20.7. The molecule has 0 aliphatic carbocycles. The number of nitriles is 1. The summed E-state index contributed by atoms with van der Waals surface area (Å²) in [6.07, 6.45) is 2.00. The molecule has 2 bridgehead atoms. The van der Waals surface area contributed by atoms with Gasteiger partial charge in [-0.15, -0.1) is 0 Å². The topological polar surface area (TPSA) is 79.6 Å². The van der Waals surface area contributed by atoms with Crippen molar-refractivity contribution in [2.75, 3.05) is 11.5 Å². The van der Waals surface area contributed by atoms with Gasteiger partial charge < -0.3 is 9.47 Å². The van der Waals surface area contributed by atoms with E-state index in [0.29, 0.717) is 24.3 Å². The summed E-state index contributed by atoms with van der Waals surface area (Å²) < 4.78 is 12.7. The van der Waals surface area contributed by atoms with Crippen molar-refractivity contribution in [3.63, 3.8) is 0 Å². The van der Waals surface area contributed by atoms with E-state index in [1.165, 1.54) is 4.90 Å². The minimum Gasteiger partial charge on any atom is -0.493 e. The Labute approximate surface area is 210 Å². The number of carbonyl (C=O) groups is 2. The number of aryl methyl sites for hydroxylation is 1.